The molecule has 0 spiro atoms. The van der Waals surface area contributed by atoms with E-state index < -0.39 is 0 Å². The Balaban J connectivity index is 0.00000256. The molecule has 0 saturated carbocycles. The number of rotatable bonds is 4. The van der Waals surface area contributed by atoms with E-state index in [2.05, 4.69) is 27.8 Å². The maximum absolute atomic E-state index is 11.7. The fraction of sp³-hybridized carbons (Fsp3) is 0.476. The zero-order valence-corrected chi connectivity index (χ0v) is 18.2. The van der Waals surface area contributed by atoms with Crippen LogP contribution >= 0.6 is 12.4 Å². The number of nitrogens with zero attached hydrogens (tertiary/aromatic N) is 3. The molecule has 3 heterocycles. The summed E-state index contributed by atoms with van der Waals surface area (Å²) in [6, 6.07) is 7.73. The van der Waals surface area contributed by atoms with E-state index in [4.69, 9.17) is 14.7 Å². The lowest BCUT2D eigenvalue weighted by atomic mass is 10.0. The molecule has 1 saturated heterocycles. The van der Waals surface area contributed by atoms with Crippen LogP contribution in [0.2, 0.25) is 0 Å². The van der Waals surface area contributed by atoms with Gasteiger partial charge in [0, 0.05) is 36.4 Å². The summed E-state index contributed by atoms with van der Waals surface area (Å²) in [7, 11) is 0. The van der Waals surface area contributed by atoms with Crippen LogP contribution in [-0.4, -0.2) is 54.9 Å². The van der Waals surface area contributed by atoms with Gasteiger partial charge in [-0.2, -0.15) is 0 Å². The Hall–Kier alpha value is -2.42. The molecule has 2 aliphatic rings. The molecule has 4 rings (SSSR count). The largest absolute Gasteiger partial charge is 0.377 e. The van der Waals surface area contributed by atoms with Gasteiger partial charge in [0.2, 0.25) is 0 Å². The molecule has 30 heavy (non-hydrogen) atoms. The predicted molar refractivity (Wildman–Crippen MR) is 120 cm³/mol. The minimum absolute atomic E-state index is 0. The molecule has 1 aromatic heterocycles. The number of amides is 2. The van der Waals surface area contributed by atoms with Crippen molar-refractivity contribution in [2.45, 2.75) is 32.9 Å². The minimum atomic E-state index is -0.208. The molecule has 1 fully saturated rings. The Morgan fingerprint density at radius 2 is 2.10 bits per heavy atom. The van der Waals surface area contributed by atoms with Gasteiger partial charge in [0.15, 0.2) is 5.82 Å². The van der Waals surface area contributed by atoms with Gasteiger partial charge in [0.25, 0.3) is 0 Å². The van der Waals surface area contributed by atoms with Crippen molar-refractivity contribution in [3.05, 3.63) is 35.5 Å². The van der Waals surface area contributed by atoms with Crippen molar-refractivity contribution in [2.75, 3.05) is 43.1 Å². The van der Waals surface area contributed by atoms with Gasteiger partial charge < -0.3 is 25.6 Å². The number of benzene rings is 1. The summed E-state index contributed by atoms with van der Waals surface area (Å²) in [4.78, 5) is 23.9. The molecule has 2 amide bonds. The maximum Gasteiger partial charge on any atom is 0.319 e. The van der Waals surface area contributed by atoms with Crippen LogP contribution in [0.3, 0.4) is 0 Å². The molecule has 2 aliphatic heterocycles. The molecule has 1 unspecified atom stereocenters. The molecular weight excluding hydrogens is 404 g/mol. The summed E-state index contributed by atoms with van der Waals surface area (Å²) in [5, 5.41) is 8.96. The fourth-order valence-electron chi connectivity index (χ4n) is 3.79. The third-order valence-corrected chi connectivity index (χ3v) is 5.29. The Kier molecular flexibility index (Phi) is 7.47. The van der Waals surface area contributed by atoms with Gasteiger partial charge >= 0.3 is 6.03 Å². The standard InChI is InChI=1S/C21H28N6O2.ClH/c1-3-23-21(28)24-16-6-4-15(5-7-16)19-25-18-12-22-9-8-17(18)20(26-19)27-10-11-29-13-14(27)2;/h4-7,14,22H,3,8-13H2,1-2H3,(H2,23,24,28);1H. The second-order valence-electron chi connectivity index (χ2n) is 7.40. The van der Waals surface area contributed by atoms with Crippen LogP contribution in [0.25, 0.3) is 11.4 Å². The summed E-state index contributed by atoms with van der Waals surface area (Å²) in [6.07, 6.45) is 0.935. The monoisotopic (exact) mass is 432 g/mol. The molecule has 2 aromatic rings. The third-order valence-electron chi connectivity index (χ3n) is 5.29. The van der Waals surface area contributed by atoms with Crippen LogP contribution in [0.1, 0.15) is 25.1 Å². The highest BCUT2D eigenvalue weighted by Gasteiger charge is 2.27. The van der Waals surface area contributed by atoms with Crippen LogP contribution in [0.5, 0.6) is 0 Å². The number of morpholine rings is 1. The third kappa shape index (κ3) is 4.83. The first-order valence-electron chi connectivity index (χ1n) is 10.3. The number of carbonyl (C=O) groups excluding carboxylic acids is 1. The first kappa shape index (κ1) is 22.3. The van der Waals surface area contributed by atoms with Crippen LogP contribution < -0.4 is 20.9 Å². The van der Waals surface area contributed by atoms with Crippen molar-refractivity contribution in [3.63, 3.8) is 0 Å². The van der Waals surface area contributed by atoms with Crippen LogP contribution in [0.15, 0.2) is 24.3 Å². The van der Waals surface area contributed by atoms with Crippen molar-refractivity contribution < 1.29 is 9.53 Å². The van der Waals surface area contributed by atoms with Crippen molar-refractivity contribution in [2.24, 2.45) is 0 Å². The summed E-state index contributed by atoms with van der Waals surface area (Å²) in [6.45, 7) is 8.63. The molecule has 9 heteroatoms. The summed E-state index contributed by atoms with van der Waals surface area (Å²) >= 11 is 0. The zero-order chi connectivity index (χ0) is 20.2. The first-order valence-corrected chi connectivity index (χ1v) is 10.3. The van der Waals surface area contributed by atoms with Crippen molar-refractivity contribution in [1.82, 2.24) is 20.6 Å². The number of urea groups is 1. The van der Waals surface area contributed by atoms with Crippen molar-refractivity contribution in [1.29, 1.82) is 0 Å². The van der Waals surface area contributed by atoms with E-state index >= 15 is 0 Å². The number of carbonyl (C=O) groups is 1. The van der Waals surface area contributed by atoms with Gasteiger partial charge in [-0.3, -0.25) is 0 Å². The number of hydrogen-bond acceptors (Lipinski definition) is 6. The average Bonchev–Trinajstić information content (AvgIpc) is 2.74. The van der Waals surface area contributed by atoms with Gasteiger partial charge in [-0.25, -0.2) is 14.8 Å². The summed E-state index contributed by atoms with van der Waals surface area (Å²) in [5.41, 5.74) is 3.98. The second-order valence-corrected chi connectivity index (χ2v) is 7.40. The number of fused-ring (bicyclic) bond motifs is 1. The van der Waals surface area contributed by atoms with Gasteiger partial charge in [-0.15, -0.1) is 12.4 Å². The van der Waals surface area contributed by atoms with E-state index in [0.717, 1.165) is 55.4 Å². The number of ether oxygens (including phenoxy) is 1. The maximum atomic E-state index is 11.7. The highest BCUT2D eigenvalue weighted by atomic mass is 35.5. The van der Waals surface area contributed by atoms with Crippen molar-refractivity contribution in [3.8, 4) is 11.4 Å². The molecule has 1 aromatic carbocycles. The molecule has 0 bridgehead atoms. The Labute approximate surface area is 183 Å². The lowest BCUT2D eigenvalue weighted by molar-refractivity contribution is 0.0984. The van der Waals surface area contributed by atoms with Gasteiger partial charge in [0.05, 0.1) is 24.9 Å². The Morgan fingerprint density at radius 1 is 1.30 bits per heavy atom. The minimum Gasteiger partial charge on any atom is -0.377 e. The lowest BCUT2D eigenvalue weighted by Crippen LogP contribution is -2.45. The normalized spacial score (nSPS) is 18.2. The first-order chi connectivity index (χ1) is 14.2. The van der Waals surface area contributed by atoms with Crippen LogP contribution in [-0.2, 0) is 17.7 Å². The predicted octanol–water partition coefficient (Wildman–Crippen LogP) is 2.58. The number of hydrogen-bond donors (Lipinski definition) is 3. The lowest BCUT2D eigenvalue weighted by Gasteiger charge is -2.36. The molecule has 3 N–H and O–H groups in total. The molecule has 1 atom stereocenters. The van der Waals surface area contributed by atoms with E-state index in [0.29, 0.717) is 19.0 Å². The van der Waals surface area contributed by atoms with E-state index in [1.54, 1.807) is 0 Å². The topological polar surface area (TPSA) is 91.4 Å². The van der Waals surface area contributed by atoms with E-state index in [-0.39, 0.29) is 24.5 Å². The number of halogens is 1. The summed E-state index contributed by atoms with van der Waals surface area (Å²) in [5.74, 6) is 1.75. The highest BCUT2D eigenvalue weighted by Crippen LogP contribution is 2.30. The Morgan fingerprint density at radius 3 is 2.83 bits per heavy atom. The van der Waals surface area contributed by atoms with E-state index in [1.165, 1.54) is 5.56 Å². The molecule has 8 nitrogen and oxygen atoms in total. The SMILES string of the molecule is CCNC(=O)Nc1ccc(-c2nc3c(c(N4CCOCC4C)n2)CCNC3)cc1.Cl. The number of aromatic nitrogens is 2. The smallest absolute Gasteiger partial charge is 0.319 e. The average molecular weight is 433 g/mol. The Bertz CT molecular complexity index is 877. The van der Waals surface area contributed by atoms with Gasteiger partial charge in [-0.05, 0) is 51.1 Å². The molecule has 0 radical (unpaired) electrons. The number of anilines is 2. The fourth-order valence-corrected chi connectivity index (χ4v) is 3.79. The molecule has 0 aliphatic carbocycles. The molecule has 162 valence electrons. The zero-order valence-electron chi connectivity index (χ0n) is 17.4. The summed E-state index contributed by atoms with van der Waals surface area (Å²) < 4.78 is 5.62. The van der Waals surface area contributed by atoms with Crippen LogP contribution in [0, 0.1) is 0 Å². The highest BCUT2D eigenvalue weighted by molar-refractivity contribution is 5.89. The van der Waals surface area contributed by atoms with Gasteiger partial charge in [-0.1, -0.05) is 0 Å². The van der Waals surface area contributed by atoms with E-state index in [1.807, 2.05) is 31.2 Å². The van der Waals surface area contributed by atoms with Crippen molar-refractivity contribution >= 4 is 29.9 Å². The quantitative estimate of drug-likeness (QED) is 0.687. The molecular formula is C21H29ClN6O2. The van der Waals surface area contributed by atoms with Crippen LogP contribution in [0.4, 0.5) is 16.3 Å². The van der Waals surface area contributed by atoms with E-state index in [9.17, 15) is 4.79 Å². The number of nitrogens with one attached hydrogen (secondary N) is 3. The van der Waals surface area contributed by atoms with Gasteiger partial charge in [0.1, 0.15) is 5.82 Å². The second kappa shape index (κ2) is 10.1.